The number of rotatable bonds is 0. The van der Waals surface area contributed by atoms with Crippen LogP contribution in [0.1, 0.15) is 19.4 Å². The lowest BCUT2D eigenvalue weighted by atomic mass is 9.77. The molecule has 5 rings (SSSR count). The van der Waals surface area contributed by atoms with Crippen LogP contribution in [0.3, 0.4) is 0 Å². The monoisotopic (exact) mass is 330 g/mol. The molecular formula is C21H18N2O2. The lowest BCUT2D eigenvalue weighted by Gasteiger charge is -2.40. The van der Waals surface area contributed by atoms with Crippen molar-refractivity contribution in [2.75, 3.05) is 5.32 Å². The SMILES string of the molecule is CC1(C)c2cc(O)ccc2NC12C=Nc1c(ccc3ccccc13)O2. The number of benzene rings is 3. The van der Waals surface area contributed by atoms with Gasteiger partial charge in [0.2, 0.25) is 5.72 Å². The summed E-state index contributed by atoms with van der Waals surface area (Å²) >= 11 is 0. The molecule has 1 spiro atoms. The molecule has 2 heterocycles. The zero-order valence-corrected chi connectivity index (χ0v) is 14.1. The Morgan fingerprint density at radius 3 is 2.76 bits per heavy atom. The largest absolute Gasteiger partial charge is 0.508 e. The summed E-state index contributed by atoms with van der Waals surface area (Å²) in [5.41, 5.74) is 1.66. The van der Waals surface area contributed by atoms with E-state index in [9.17, 15) is 5.11 Å². The van der Waals surface area contributed by atoms with E-state index in [1.54, 1.807) is 12.1 Å². The van der Waals surface area contributed by atoms with Gasteiger partial charge in [0, 0.05) is 11.1 Å². The first-order valence-electron chi connectivity index (χ1n) is 8.38. The predicted molar refractivity (Wildman–Crippen MR) is 100 cm³/mol. The standard InChI is InChI=1S/C21H18N2O2/c1-20(2)16-11-14(24)8-9-17(16)23-21(20)12-22-19-15-6-4-3-5-13(15)7-10-18(19)25-21/h3-12,23-24H,1-2H3. The van der Waals surface area contributed by atoms with Gasteiger partial charge in [0.1, 0.15) is 17.2 Å². The fourth-order valence-electron chi connectivity index (χ4n) is 3.87. The van der Waals surface area contributed by atoms with Crippen LogP contribution in [-0.2, 0) is 5.41 Å². The summed E-state index contributed by atoms with van der Waals surface area (Å²) in [6.07, 6.45) is 1.86. The third-order valence-electron chi connectivity index (χ3n) is 5.44. The van der Waals surface area contributed by atoms with Crippen LogP contribution < -0.4 is 10.1 Å². The van der Waals surface area contributed by atoms with Crippen molar-refractivity contribution >= 4 is 28.4 Å². The van der Waals surface area contributed by atoms with Crippen molar-refractivity contribution in [3.05, 3.63) is 60.2 Å². The lowest BCUT2D eigenvalue weighted by molar-refractivity contribution is 0.107. The Bertz CT molecular complexity index is 1050. The Labute approximate surface area is 145 Å². The lowest BCUT2D eigenvalue weighted by Crippen LogP contribution is -2.56. The second-order valence-corrected chi connectivity index (χ2v) is 7.21. The van der Waals surface area contributed by atoms with Crippen LogP contribution in [0.5, 0.6) is 11.5 Å². The zero-order chi connectivity index (χ0) is 17.2. The van der Waals surface area contributed by atoms with Crippen molar-refractivity contribution in [1.82, 2.24) is 0 Å². The molecule has 1 atom stereocenters. The molecule has 0 amide bonds. The number of phenolic OH excluding ortho intramolecular Hbond substituents is 1. The molecular weight excluding hydrogens is 312 g/mol. The van der Waals surface area contributed by atoms with E-state index >= 15 is 0 Å². The highest BCUT2D eigenvalue weighted by Gasteiger charge is 2.55. The Morgan fingerprint density at radius 1 is 1.04 bits per heavy atom. The van der Waals surface area contributed by atoms with Crippen molar-refractivity contribution in [1.29, 1.82) is 0 Å². The first-order chi connectivity index (χ1) is 12.0. The number of ether oxygens (including phenoxy) is 1. The molecule has 1 unspecified atom stereocenters. The summed E-state index contributed by atoms with van der Waals surface area (Å²) in [7, 11) is 0. The van der Waals surface area contributed by atoms with Gasteiger partial charge in [-0.25, -0.2) is 0 Å². The zero-order valence-electron chi connectivity index (χ0n) is 14.1. The molecule has 0 saturated heterocycles. The maximum absolute atomic E-state index is 9.89. The summed E-state index contributed by atoms with van der Waals surface area (Å²) in [6.45, 7) is 4.20. The van der Waals surface area contributed by atoms with E-state index in [4.69, 9.17) is 9.73 Å². The quantitative estimate of drug-likeness (QED) is 0.585. The van der Waals surface area contributed by atoms with Crippen molar-refractivity contribution in [3.8, 4) is 11.5 Å². The molecule has 0 bridgehead atoms. The maximum Gasteiger partial charge on any atom is 0.226 e. The van der Waals surface area contributed by atoms with Crippen LogP contribution in [0.2, 0.25) is 0 Å². The van der Waals surface area contributed by atoms with Gasteiger partial charge in [-0.15, -0.1) is 0 Å². The molecule has 25 heavy (non-hydrogen) atoms. The highest BCUT2D eigenvalue weighted by Crippen LogP contribution is 2.51. The Morgan fingerprint density at radius 2 is 1.88 bits per heavy atom. The van der Waals surface area contributed by atoms with Crippen molar-refractivity contribution in [2.24, 2.45) is 4.99 Å². The molecule has 3 aromatic rings. The number of aromatic hydroxyl groups is 1. The fourth-order valence-corrected chi connectivity index (χ4v) is 3.87. The number of aliphatic imine (C=N–C) groups is 1. The van der Waals surface area contributed by atoms with Gasteiger partial charge in [-0.3, -0.25) is 4.99 Å². The minimum absolute atomic E-state index is 0.254. The van der Waals surface area contributed by atoms with E-state index in [1.807, 2.05) is 30.5 Å². The highest BCUT2D eigenvalue weighted by atomic mass is 16.5. The molecule has 4 heteroatoms. The summed E-state index contributed by atoms with van der Waals surface area (Å²) < 4.78 is 6.48. The Kier molecular flexibility index (Phi) is 2.60. The summed E-state index contributed by atoms with van der Waals surface area (Å²) in [4.78, 5) is 4.78. The number of fused-ring (bicyclic) bond motifs is 4. The first-order valence-corrected chi connectivity index (χ1v) is 8.38. The van der Waals surface area contributed by atoms with Gasteiger partial charge < -0.3 is 15.2 Å². The molecule has 0 fully saturated rings. The Balaban J connectivity index is 1.67. The molecule has 124 valence electrons. The summed E-state index contributed by atoms with van der Waals surface area (Å²) in [5, 5.41) is 15.6. The van der Waals surface area contributed by atoms with Crippen LogP contribution in [0, 0.1) is 0 Å². The van der Waals surface area contributed by atoms with Crippen LogP contribution in [0.4, 0.5) is 11.4 Å². The van der Waals surface area contributed by atoms with Crippen LogP contribution >= 0.6 is 0 Å². The van der Waals surface area contributed by atoms with Gasteiger partial charge in [-0.2, -0.15) is 0 Å². The fraction of sp³-hybridized carbons (Fsp3) is 0.190. The number of hydrogen-bond donors (Lipinski definition) is 2. The average Bonchev–Trinajstić information content (AvgIpc) is 2.82. The molecule has 2 aliphatic rings. The highest BCUT2D eigenvalue weighted by molar-refractivity contribution is 5.99. The smallest absolute Gasteiger partial charge is 0.226 e. The molecule has 0 radical (unpaired) electrons. The molecule has 0 saturated carbocycles. The second kappa shape index (κ2) is 4.54. The molecule has 0 aromatic heterocycles. The topological polar surface area (TPSA) is 53.8 Å². The third kappa shape index (κ3) is 1.79. The number of phenols is 1. The number of hydrogen-bond acceptors (Lipinski definition) is 4. The number of nitrogens with zero attached hydrogens (tertiary/aromatic N) is 1. The first kappa shape index (κ1) is 14.3. The van der Waals surface area contributed by atoms with Gasteiger partial charge in [0.25, 0.3) is 0 Å². The normalized spacial score (nSPS) is 22.3. The van der Waals surface area contributed by atoms with E-state index in [0.717, 1.165) is 33.5 Å². The maximum atomic E-state index is 9.89. The van der Waals surface area contributed by atoms with Gasteiger partial charge >= 0.3 is 0 Å². The van der Waals surface area contributed by atoms with Crippen molar-refractivity contribution < 1.29 is 9.84 Å². The second-order valence-electron chi connectivity index (χ2n) is 7.21. The van der Waals surface area contributed by atoms with Gasteiger partial charge in [0.05, 0.1) is 11.6 Å². The number of nitrogens with one attached hydrogen (secondary N) is 1. The molecule has 0 aliphatic carbocycles. The minimum Gasteiger partial charge on any atom is -0.508 e. The number of anilines is 1. The molecule has 4 nitrogen and oxygen atoms in total. The third-order valence-corrected chi connectivity index (χ3v) is 5.44. The average molecular weight is 330 g/mol. The van der Waals surface area contributed by atoms with E-state index in [0.29, 0.717) is 0 Å². The van der Waals surface area contributed by atoms with Crippen molar-refractivity contribution in [2.45, 2.75) is 25.0 Å². The van der Waals surface area contributed by atoms with Crippen LogP contribution in [-0.4, -0.2) is 17.0 Å². The predicted octanol–water partition coefficient (Wildman–Crippen LogP) is 4.74. The van der Waals surface area contributed by atoms with Crippen LogP contribution in [0.15, 0.2) is 59.6 Å². The van der Waals surface area contributed by atoms with Gasteiger partial charge in [-0.1, -0.05) is 30.3 Å². The van der Waals surface area contributed by atoms with Gasteiger partial charge in [0.15, 0.2) is 0 Å². The van der Waals surface area contributed by atoms with E-state index < -0.39 is 11.1 Å². The molecule has 3 aromatic carbocycles. The van der Waals surface area contributed by atoms with Crippen LogP contribution in [0.25, 0.3) is 10.8 Å². The summed E-state index contributed by atoms with van der Waals surface area (Å²) in [6, 6.07) is 17.6. The molecule has 2 N–H and O–H groups in total. The van der Waals surface area contributed by atoms with E-state index in [-0.39, 0.29) is 5.75 Å². The van der Waals surface area contributed by atoms with Crippen molar-refractivity contribution in [3.63, 3.8) is 0 Å². The Hall–Kier alpha value is -3.01. The summed E-state index contributed by atoms with van der Waals surface area (Å²) in [5.74, 6) is 1.02. The van der Waals surface area contributed by atoms with E-state index in [2.05, 4.69) is 37.4 Å². The van der Waals surface area contributed by atoms with E-state index in [1.165, 1.54) is 0 Å². The van der Waals surface area contributed by atoms with Gasteiger partial charge in [-0.05, 0) is 49.1 Å². The minimum atomic E-state index is -0.779. The molecule has 2 aliphatic heterocycles.